The molecule has 0 radical (unpaired) electrons. The number of rotatable bonds is 4. The summed E-state index contributed by atoms with van der Waals surface area (Å²) >= 11 is 9.47. The third-order valence-corrected chi connectivity index (χ3v) is 6.58. The van der Waals surface area contributed by atoms with Gasteiger partial charge in [-0.1, -0.05) is 23.8 Å². The quantitative estimate of drug-likeness (QED) is 0.579. The lowest BCUT2D eigenvalue weighted by molar-refractivity contribution is -0.132. The number of amides is 1. The molecule has 0 fully saturated rings. The molecule has 0 aromatic carbocycles. The molecule has 4 rings (SSSR count). The van der Waals surface area contributed by atoms with Crippen LogP contribution in [0.2, 0.25) is 4.34 Å². The van der Waals surface area contributed by atoms with Crippen molar-refractivity contribution in [2.75, 3.05) is 6.54 Å². The molecule has 0 saturated heterocycles. The highest BCUT2D eigenvalue weighted by molar-refractivity contribution is 7.16. The fraction of sp³-hybridized carbons (Fsp3) is 0.211. The summed E-state index contributed by atoms with van der Waals surface area (Å²) in [4.78, 5) is 17.3. The van der Waals surface area contributed by atoms with Gasteiger partial charge >= 0.3 is 0 Å². The lowest BCUT2D eigenvalue weighted by Gasteiger charge is -2.35. The molecule has 3 aromatic rings. The largest absolute Gasteiger partial charge is 0.472 e. The summed E-state index contributed by atoms with van der Waals surface area (Å²) < 4.78 is 5.79. The Balaban J connectivity index is 1.58. The Labute approximate surface area is 159 Å². The zero-order valence-corrected chi connectivity index (χ0v) is 15.7. The lowest BCUT2D eigenvalue weighted by Crippen LogP contribution is -2.39. The second kappa shape index (κ2) is 7.20. The van der Waals surface area contributed by atoms with Crippen LogP contribution in [0.1, 0.15) is 33.3 Å². The minimum absolute atomic E-state index is 0.0256. The first-order valence-electron chi connectivity index (χ1n) is 8.02. The van der Waals surface area contributed by atoms with Crippen LogP contribution in [-0.4, -0.2) is 17.4 Å². The number of carbonyl (C=O) groups is 1. The van der Waals surface area contributed by atoms with E-state index in [9.17, 15) is 4.79 Å². The van der Waals surface area contributed by atoms with Crippen LogP contribution in [0.5, 0.6) is 0 Å². The van der Waals surface area contributed by atoms with Gasteiger partial charge < -0.3 is 9.32 Å². The van der Waals surface area contributed by atoms with Crippen LogP contribution < -0.4 is 0 Å². The van der Waals surface area contributed by atoms with E-state index in [1.807, 2.05) is 35.3 Å². The molecular weight excluding hydrogens is 374 g/mol. The maximum Gasteiger partial charge on any atom is 0.227 e. The van der Waals surface area contributed by atoms with Gasteiger partial charge in [0.25, 0.3) is 0 Å². The first kappa shape index (κ1) is 16.6. The second-order valence-electron chi connectivity index (χ2n) is 5.84. The van der Waals surface area contributed by atoms with Gasteiger partial charge in [0, 0.05) is 28.3 Å². The Morgan fingerprint density at radius 1 is 1.36 bits per heavy atom. The normalized spacial score (nSPS) is 17.2. The summed E-state index contributed by atoms with van der Waals surface area (Å²) in [7, 11) is 0. The van der Waals surface area contributed by atoms with Crippen LogP contribution in [0.4, 0.5) is 0 Å². The highest BCUT2D eigenvalue weighted by Gasteiger charge is 2.33. The van der Waals surface area contributed by atoms with E-state index in [2.05, 4.69) is 11.4 Å². The Hall–Kier alpha value is -1.82. The fourth-order valence-corrected chi connectivity index (χ4v) is 5.25. The van der Waals surface area contributed by atoms with Crippen LogP contribution in [0.3, 0.4) is 0 Å². The van der Waals surface area contributed by atoms with Crippen LogP contribution in [-0.2, 0) is 11.2 Å². The summed E-state index contributed by atoms with van der Waals surface area (Å²) in [6.45, 7) is 0.742. The maximum absolute atomic E-state index is 12.9. The molecule has 1 unspecified atom stereocenters. The monoisotopic (exact) mass is 389 g/mol. The van der Waals surface area contributed by atoms with Gasteiger partial charge in [0.15, 0.2) is 0 Å². The SMILES string of the molecule is O=C(C/C=C/c1ccoc1)N1CCc2sccc2C1c1ccc(Cl)s1. The Bertz CT molecular complexity index is 894. The number of nitrogens with zero attached hydrogens (tertiary/aromatic N) is 1. The Morgan fingerprint density at radius 3 is 3.04 bits per heavy atom. The van der Waals surface area contributed by atoms with Gasteiger partial charge in [-0.3, -0.25) is 4.79 Å². The molecule has 6 heteroatoms. The van der Waals surface area contributed by atoms with Crippen molar-refractivity contribution in [1.29, 1.82) is 0 Å². The molecule has 3 nitrogen and oxygen atoms in total. The van der Waals surface area contributed by atoms with Gasteiger partial charge in [-0.05, 0) is 41.6 Å². The van der Waals surface area contributed by atoms with E-state index in [1.54, 1.807) is 35.2 Å². The summed E-state index contributed by atoms with van der Waals surface area (Å²) in [5.41, 5.74) is 2.20. The zero-order valence-electron chi connectivity index (χ0n) is 13.4. The Kier molecular flexibility index (Phi) is 4.79. The van der Waals surface area contributed by atoms with Gasteiger partial charge in [-0.25, -0.2) is 0 Å². The van der Waals surface area contributed by atoms with Gasteiger partial charge in [0.05, 0.1) is 22.9 Å². The highest BCUT2D eigenvalue weighted by Crippen LogP contribution is 2.41. The minimum atomic E-state index is -0.0256. The highest BCUT2D eigenvalue weighted by atomic mass is 35.5. The van der Waals surface area contributed by atoms with E-state index in [0.29, 0.717) is 6.42 Å². The second-order valence-corrected chi connectivity index (χ2v) is 8.59. The molecule has 1 atom stereocenters. The molecule has 0 saturated carbocycles. The number of thiophene rings is 2. The zero-order chi connectivity index (χ0) is 17.2. The molecule has 0 spiro atoms. The third kappa shape index (κ3) is 3.45. The molecular formula is C19H16ClNO2S2. The molecule has 1 aliphatic heterocycles. The van der Waals surface area contributed by atoms with E-state index >= 15 is 0 Å². The van der Waals surface area contributed by atoms with Crippen LogP contribution in [0.15, 0.2) is 52.7 Å². The number of hydrogen-bond donors (Lipinski definition) is 0. The molecule has 0 N–H and O–H groups in total. The van der Waals surface area contributed by atoms with Crippen molar-refractivity contribution in [1.82, 2.24) is 4.90 Å². The average molecular weight is 390 g/mol. The standard InChI is InChI=1S/C19H16ClNO2S2/c20-17-5-4-16(25-17)19-14-8-11-24-15(14)6-9-21(19)18(22)3-1-2-13-7-10-23-12-13/h1-2,4-5,7-8,10-12,19H,3,6,9H2/b2-1+. The van der Waals surface area contributed by atoms with Gasteiger partial charge in [-0.15, -0.1) is 22.7 Å². The molecule has 128 valence electrons. The van der Waals surface area contributed by atoms with E-state index < -0.39 is 0 Å². The number of halogens is 1. The van der Waals surface area contributed by atoms with Gasteiger partial charge in [0.2, 0.25) is 5.91 Å². The third-order valence-electron chi connectivity index (χ3n) is 4.30. The predicted molar refractivity (Wildman–Crippen MR) is 103 cm³/mol. The number of fused-ring (bicyclic) bond motifs is 1. The number of furan rings is 1. The molecule has 0 aliphatic carbocycles. The number of hydrogen-bond acceptors (Lipinski definition) is 4. The van der Waals surface area contributed by atoms with E-state index in [-0.39, 0.29) is 11.9 Å². The van der Waals surface area contributed by atoms with E-state index in [1.165, 1.54) is 10.4 Å². The predicted octanol–water partition coefficient (Wildman–Crippen LogP) is 5.63. The lowest BCUT2D eigenvalue weighted by atomic mass is 9.98. The van der Waals surface area contributed by atoms with Crippen molar-refractivity contribution in [3.8, 4) is 0 Å². The number of carbonyl (C=O) groups excluding carboxylic acids is 1. The molecule has 1 amide bonds. The fourth-order valence-electron chi connectivity index (χ4n) is 3.15. The molecule has 3 aromatic heterocycles. The molecule has 0 bridgehead atoms. The van der Waals surface area contributed by atoms with Gasteiger partial charge in [-0.2, -0.15) is 0 Å². The first-order chi connectivity index (χ1) is 12.2. The molecule has 4 heterocycles. The van der Waals surface area contributed by atoms with Crippen molar-refractivity contribution < 1.29 is 9.21 Å². The molecule has 1 aliphatic rings. The average Bonchev–Trinajstić information content (AvgIpc) is 3.35. The van der Waals surface area contributed by atoms with Crippen LogP contribution in [0.25, 0.3) is 6.08 Å². The smallest absolute Gasteiger partial charge is 0.227 e. The van der Waals surface area contributed by atoms with E-state index in [4.69, 9.17) is 16.0 Å². The summed E-state index contributed by atoms with van der Waals surface area (Å²) in [6, 6.07) is 7.92. The maximum atomic E-state index is 12.9. The van der Waals surface area contributed by atoms with Crippen molar-refractivity contribution >= 4 is 46.3 Å². The van der Waals surface area contributed by atoms with Crippen molar-refractivity contribution in [2.24, 2.45) is 0 Å². The van der Waals surface area contributed by atoms with Crippen molar-refractivity contribution in [3.63, 3.8) is 0 Å². The van der Waals surface area contributed by atoms with Crippen LogP contribution in [0, 0.1) is 0 Å². The van der Waals surface area contributed by atoms with Crippen molar-refractivity contribution in [3.05, 3.63) is 73.5 Å². The summed E-state index contributed by atoms with van der Waals surface area (Å²) in [6.07, 6.45) is 8.39. The van der Waals surface area contributed by atoms with Crippen LogP contribution >= 0.6 is 34.3 Å². The first-order valence-corrected chi connectivity index (χ1v) is 10.1. The van der Waals surface area contributed by atoms with Crippen molar-refractivity contribution in [2.45, 2.75) is 18.9 Å². The van der Waals surface area contributed by atoms with E-state index in [0.717, 1.165) is 27.7 Å². The Morgan fingerprint density at radius 2 is 2.28 bits per heavy atom. The molecule has 25 heavy (non-hydrogen) atoms. The summed E-state index contributed by atoms with van der Waals surface area (Å²) in [5.74, 6) is 0.131. The topological polar surface area (TPSA) is 33.5 Å². The summed E-state index contributed by atoms with van der Waals surface area (Å²) in [5, 5.41) is 2.11. The minimum Gasteiger partial charge on any atom is -0.472 e. The van der Waals surface area contributed by atoms with Gasteiger partial charge in [0.1, 0.15) is 0 Å².